The molecule has 0 saturated carbocycles. The topological polar surface area (TPSA) is 59.6 Å². The Bertz CT molecular complexity index is 410. The number of aliphatic imine (C=N–C) groups is 1. The standard InChI is InChI=1S/C16H27N3O/c1-12(2)9-10-18-16(17)19-11-14-5-7-15(8-6-14)20-13(3)4/h5-8,12-13H,9-11H2,1-4H3,(H3,17,18,19). The molecule has 0 aromatic heterocycles. The molecule has 0 aliphatic rings. The van der Waals surface area contributed by atoms with Crippen molar-refractivity contribution in [2.75, 3.05) is 6.54 Å². The van der Waals surface area contributed by atoms with Crippen molar-refractivity contribution < 1.29 is 4.74 Å². The fourth-order valence-electron chi connectivity index (χ4n) is 1.67. The number of nitrogens with two attached hydrogens (primary N) is 1. The molecule has 0 radical (unpaired) electrons. The molecule has 0 bridgehead atoms. The van der Waals surface area contributed by atoms with E-state index in [9.17, 15) is 0 Å². The van der Waals surface area contributed by atoms with Gasteiger partial charge in [-0.15, -0.1) is 0 Å². The summed E-state index contributed by atoms with van der Waals surface area (Å²) in [7, 11) is 0. The van der Waals surface area contributed by atoms with Gasteiger partial charge in [0.15, 0.2) is 5.96 Å². The van der Waals surface area contributed by atoms with Gasteiger partial charge in [0.1, 0.15) is 5.75 Å². The third-order valence-corrected chi connectivity index (χ3v) is 2.75. The number of ether oxygens (including phenoxy) is 1. The Morgan fingerprint density at radius 2 is 1.85 bits per heavy atom. The van der Waals surface area contributed by atoms with Crippen LogP contribution in [0.4, 0.5) is 0 Å². The highest BCUT2D eigenvalue weighted by Crippen LogP contribution is 2.14. The van der Waals surface area contributed by atoms with Crippen molar-refractivity contribution in [1.82, 2.24) is 5.32 Å². The molecule has 0 heterocycles. The van der Waals surface area contributed by atoms with E-state index in [1.54, 1.807) is 0 Å². The van der Waals surface area contributed by atoms with Gasteiger partial charge in [-0.05, 0) is 43.9 Å². The van der Waals surface area contributed by atoms with E-state index in [-0.39, 0.29) is 6.10 Å². The fraction of sp³-hybridized carbons (Fsp3) is 0.562. The maximum Gasteiger partial charge on any atom is 0.188 e. The lowest BCUT2D eigenvalue weighted by Crippen LogP contribution is -2.32. The van der Waals surface area contributed by atoms with Gasteiger partial charge in [0.25, 0.3) is 0 Å². The van der Waals surface area contributed by atoms with E-state index in [4.69, 9.17) is 10.5 Å². The minimum absolute atomic E-state index is 0.194. The van der Waals surface area contributed by atoms with Crippen molar-refractivity contribution in [3.05, 3.63) is 29.8 Å². The quantitative estimate of drug-likeness (QED) is 0.595. The molecule has 3 N–H and O–H groups in total. The molecular weight excluding hydrogens is 250 g/mol. The zero-order valence-electron chi connectivity index (χ0n) is 13.0. The summed E-state index contributed by atoms with van der Waals surface area (Å²) in [5.41, 5.74) is 6.94. The normalized spacial score (nSPS) is 12.0. The van der Waals surface area contributed by atoms with Crippen LogP contribution in [0.5, 0.6) is 5.75 Å². The second-order valence-corrected chi connectivity index (χ2v) is 5.62. The number of hydrogen-bond donors (Lipinski definition) is 2. The first kappa shape index (κ1) is 16.3. The molecule has 112 valence electrons. The molecular formula is C16H27N3O. The van der Waals surface area contributed by atoms with Gasteiger partial charge in [0.05, 0.1) is 12.6 Å². The molecule has 1 rings (SSSR count). The van der Waals surface area contributed by atoms with Gasteiger partial charge >= 0.3 is 0 Å². The second kappa shape index (κ2) is 8.46. The summed E-state index contributed by atoms with van der Waals surface area (Å²) >= 11 is 0. The molecule has 0 aliphatic carbocycles. The summed E-state index contributed by atoms with van der Waals surface area (Å²) in [6.07, 6.45) is 1.29. The van der Waals surface area contributed by atoms with Gasteiger partial charge in [-0.2, -0.15) is 0 Å². The molecule has 1 aromatic carbocycles. The van der Waals surface area contributed by atoms with Crippen LogP contribution in [0, 0.1) is 5.92 Å². The highest BCUT2D eigenvalue weighted by atomic mass is 16.5. The van der Waals surface area contributed by atoms with Gasteiger partial charge in [0.2, 0.25) is 0 Å². The number of guanidine groups is 1. The Hall–Kier alpha value is -1.71. The lowest BCUT2D eigenvalue weighted by molar-refractivity contribution is 0.242. The van der Waals surface area contributed by atoms with Crippen LogP contribution in [0.1, 0.15) is 39.7 Å². The first-order valence-corrected chi connectivity index (χ1v) is 7.26. The smallest absolute Gasteiger partial charge is 0.188 e. The van der Waals surface area contributed by atoms with Gasteiger partial charge in [0, 0.05) is 6.54 Å². The lowest BCUT2D eigenvalue weighted by atomic mass is 10.1. The van der Waals surface area contributed by atoms with Gasteiger partial charge in [-0.25, -0.2) is 4.99 Å². The van der Waals surface area contributed by atoms with E-state index in [1.807, 2.05) is 38.1 Å². The summed E-state index contributed by atoms with van der Waals surface area (Å²) in [6.45, 7) is 9.87. The van der Waals surface area contributed by atoms with Crippen LogP contribution < -0.4 is 15.8 Å². The maximum absolute atomic E-state index is 5.82. The number of rotatable bonds is 7. The number of nitrogens with one attached hydrogen (secondary N) is 1. The average Bonchev–Trinajstić information content (AvgIpc) is 2.37. The van der Waals surface area contributed by atoms with Crippen LogP contribution in [0.3, 0.4) is 0 Å². The van der Waals surface area contributed by atoms with Crippen molar-refractivity contribution in [2.24, 2.45) is 16.6 Å². The van der Waals surface area contributed by atoms with E-state index < -0.39 is 0 Å². The zero-order valence-corrected chi connectivity index (χ0v) is 13.0. The minimum Gasteiger partial charge on any atom is -0.491 e. The zero-order chi connectivity index (χ0) is 15.0. The first-order valence-electron chi connectivity index (χ1n) is 7.26. The largest absolute Gasteiger partial charge is 0.491 e. The van der Waals surface area contributed by atoms with E-state index in [1.165, 1.54) is 0 Å². The van der Waals surface area contributed by atoms with Crippen LogP contribution in [-0.4, -0.2) is 18.6 Å². The van der Waals surface area contributed by atoms with Crippen molar-refractivity contribution >= 4 is 5.96 Å². The SMILES string of the molecule is CC(C)CCNC(N)=NCc1ccc(OC(C)C)cc1. The average molecular weight is 277 g/mol. The molecule has 0 atom stereocenters. The Morgan fingerprint density at radius 3 is 2.40 bits per heavy atom. The summed E-state index contributed by atoms with van der Waals surface area (Å²) in [5, 5.41) is 3.12. The first-order chi connectivity index (χ1) is 9.47. The molecule has 4 heteroatoms. The van der Waals surface area contributed by atoms with Crippen LogP contribution in [0.2, 0.25) is 0 Å². The molecule has 0 unspecified atom stereocenters. The van der Waals surface area contributed by atoms with Crippen molar-refractivity contribution in [2.45, 2.75) is 46.8 Å². The Labute approximate surface area is 122 Å². The van der Waals surface area contributed by atoms with E-state index in [0.29, 0.717) is 18.4 Å². The maximum atomic E-state index is 5.82. The van der Waals surface area contributed by atoms with Crippen LogP contribution in [0.15, 0.2) is 29.3 Å². The molecule has 0 aliphatic heterocycles. The van der Waals surface area contributed by atoms with E-state index >= 15 is 0 Å². The molecule has 1 aromatic rings. The molecule has 0 amide bonds. The highest BCUT2D eigenvalue weighted by Gasteiger charge is 1.99. The predicted octanol–water partition coefficient (Wildman–Crippen LogP) is 2.92. The summed E-state index contributed by atoms with van der Waals surface area (Å²) in [5.74, 6) is 2.06. The van der Waals surface area contributed by atoms with E-state index in [0.717, 1.165) is 24.3 Å². The molecule has 20 heavy (non-hydrogen) atoms. The molecule has 0 saturated heterocycles. The van der Waals surface area contributed by atoms with E-state index in [2.05, 4.69) is 24.2 Å². The van der Waals surface area contributed by atoms with Gasteiger partial charge in [-0.3, -0.25) is 0 Å². The number of hydrogen-bond acceptors (Lipinski definition) is 2. The predicted molar refractivity (Wildman–Crippen MR) is 85.0 cm³/mol. The Kier molecular flexibility index (Phi) is 6.91. The second-order valence-electron chi connectivity index (χ2n) is 5.62. The van der Waals surface area contributed by atoms with Crippen molar-refractivity contribution in [3.8, 4) is 5.75 Å². The summed E-state index contributed by atoms with van der Waals surface area (Å²) < 4.78 is 5.60. The molecule has 0 spiro atoms. The van der Waals surface area contributed by atoms with Gasteiger partial charge < -0.3 is 15.8 Å². The highest BCUT2D eigenvalue weighted by molar-refractivity contribution is 5.77. The summed E-state index contributed by atoms with van der Waals surface area (Å²) in [6, 6.07) is 7.96. The molecule has 0 fully saturated rings. The Morgan fingerprint density at radius 1 is 1.20 bits per heavy atom. The lowest BCUT2D eigenvalue weighted by Gasteiger charge is -2.10. The number of nitrogens with zero attached hydrogens (tertiary/aromatic N) is 1. The Balaban J connectivity index is 2.40. The monoisotopic (exact) mass is 277 g/mol. The fourth-order valence-corrected chi connectivity index (χ4v) is 1.67. The van der Waals surface area contributed by atoms with Crippen molar-refractivity contribution in [3.63, 3.8) is 0 Å². The molecule has 4 nitrogen and oxygen atoms in total. The van der Waals surface area contributed by atoms with Crippen LogP contribution in [0.25, 0.3) is 0 Å². The third kappa shape index (κ3) is 7.02. The van der Waals surface area contributed by atoms with Crippen molar-refractivity contribution in [1.29, 1.82) is 0 Å². The summed E-state index contributed by atoms with van der Waals surface area (Å²) in [4.78, 5) is 4.32. The van der Waals surface area contributed by atoms with Crippen LogP contribution >= 0.6 is 0 Å². The minimum atomic E-state index is 0.194. The third-order valence-electron chi connectivity index (χ3n) is 2.75. The number of benzene rings is 1. The van der Waals surface area contributed by atoms with Gasteiger partial charge in [-0.1, -0.05) is 26.0 Å². The van der Waals surface area contributed by atoms with Crippen LogP contribution in [-0.2, 0) is 6.54 Å².